The summed E-state index contributed by atoms with van der Waals surface area (Å²) in [5.41, 5.74) is 0. The van der Waals surface area contributed by atoms with Crippen LogP contribution in [0.2, 0.25) is 0 Å². The normalized spacial score (nSPS) is 25.8. The maximum atomic E-state index is 3.60. The molecule has 0 aliphatic carbocycles. The number of hydrogen-bond donors (Lipinski definition) is 1. The smallest absolute Gasteiger partial charge is 0.0158 e. The molecule has 2 unspecified atom stereocenters. The van der Waals surface area contributed by atoms with Crippen molar-refractivity contribution in [2.45, 2.75) is 39.8 Å². The van der Waals surface area contributed by atoms with Crippen molar-refractivity contribution in [1.82, 2.24) is 10.2 Å². The van der Waals surface area contributed by atoms with Gasteiger partial charge in [-0.05, 0) is 19.8 Å². The van der Waals surface area contributed by atoms with Crippen molar-refractivity contribution in [3.63, 3.8) is 0 Å². The van der Waals surface area contributed by atoms with Crippen molar-refractivity contribution in [1.29, 1.82) is 0 Å². The van der Waals surface area contributed by atoms with E-state index in [1.165, 1.54) is 24.6 Å². The van der Waals surface area contributed by atoms with Crippen molar-refractivity contribution < 1.29 is 0 Å². The van der Waals surface area contributed by atoms with Crippen LogP contribution in [0.5, 0.6) is 0 Å². The molecule has 1 aliphatic heterocycles. The van der Waals surface area contributed by atoms with Gasteiger partial charge in [-0.15, -0.1) is 0 Å². The SMILES string of the molecule is CC(C)C(C)NCCN1CCSCC1C. The molecule has 1 N–H and O–H groups in total. The van der Waals surface area contributed by atoms with Gasteiger partial charge in [0.2, 0.25) is 0 Å². The molecule has 1 saturated heterocycles. The monoisotopic (exact) mass is 230 g/mol. The van der Waals surface area contributed by atoms with Gasteiger partial charge in [0.15, 0.2) is 0 Å². The summed E-state index contributed by atoms with van der Waals surface area (Å²) >= 11 is 2.09. The van der Waals surface area contributed by atoms with E-state index in [4.69, 9.17) is 0 Å². The van der Waals surface area contributed by atoms with Crippen molar-refractivity contribution in [3.8, 4) is 0 Å². The third-order valence-electron chi connectivity index (χ3n) is 3.37. The van der Waals surface area contributed by atoms with Crippen molar-refractivity contribution in [2.75, 3.05) is 31.1 Å². The number of nitrogens with one attached hydrogen (secondary N) is 1. The van der Waals surface area contributed by atoms with Gasteiger partial charge in [0.05, 0.1) is 0 Å². The summed E-state index contributed by atoms with van der Waals surface area (Å²) in [4.78, 5) is 2.61. The molecule has 1 heterocycles. The maximum Gasteiger partial charge on any atom is 0.0158 e. The Morgan fingerprint density at radius 3 is 2.73 bits per heavy atom. The lowest BCUT2D eigenvalue weighted by molar-refractivity contribution is 0.227. The Morgan fingerprint density at radius 1 is 1.40 bits per heavy atom. The predicted octanol–water partition coefficient (Wildman–Crippen LogP) is 2.06. The molecule has 0 aromatic rings. The molecule has 2 nitrogen and oxygen atoms in total. The van der Waals surface area contributed by atoms with Crippen LogP contribution in [0.1, 0.15) is 27.7 Å². The minimum Gasteiger partial charge on any atom is -0.313 e. The van der Waals surface area contributed by atoms with Crippen molar-refractivity contribution >= 4 is 11.8 Å². The standard InChI is InChI=1S/C12H26N2S/c1-10(2)12(4)13-5-6-14-7-8-15-9-11(14)3/h10-13H,5-9H2,1-4H3. The quantitative estimate of drug-likeness (QED) is 0.778. The summed E-state index contributed by atoms with van der Waals surface area (Å²) in [5.74, 6) is 3.35. The zero-order chi connectivity index (χ0) is 11.3. The van der Waals surface area contributed by atoms with Crippen LogP contribution in [-0.2, 0) is 0 Å². The third-order valence-corrected chi connectivity index (χ3v) is 4.56. The van der Waals surface area contributed by atoms with E-state index in [0.29, 0.717) is 6.04 Å². The summed E-state index contributed by atoms with van der Waals surface area (Å²) in [6, 6.07) is 1.40. The highest BCUT2D eigenvalue weighted by molar-refractivity contribution is 7.99. The first-order chi connectivity index (χ1) is 7.11. The zero-order valence-corrected chi connectivity index (χ0v) is 11.4. The van der Waals surface area contributed by atoms with Crippen LogP contribution in [0.3, 0.4) is 0 Å². The van der Waals surface area contributed by atoms with Crippen molar-refractivity contribution in [3.05, 3.63) is 0 Å². The van der Waals surface area contributed by atoms with Gasteiger partial charge in [-0.25, -0.2) is 0 Å². The first kappa shape index (κ1) is 13.3. The maximum absolute atomic E-state index is 3.60. The summed E-state index contributed by atoms with van der Waals surface area (Å²) in [6.07, 6.45) is 0. The topological polar surface area (TPSA) is 15.3 Å². The summed E-state index contributed by atoms with van der Waals surface area (Å²) < 4.78 is 0. The number of thioether (sulfide) groups is 1. The predicted molar refractivity (Wildman–Crippen MR) is 70.7 cm³/mol. The molecule has 0 aromatic carbocycles. The van der Waals surface area contributed by atoms with E-state index in [9.17, 15) is 0 Å². The number of nitrogens with zero attached hydrogens (tertiary/aromatic N) is 1. The molecule has 0 amide bonds. The van der Waals surface area contributed by atoms with Crippen LogP contribution in [0.15, 0.2) is 0 Å². The average Bonchev–Trinajstić information content (AvgIpc) is 2.20. The summed E-state index contributed by atoms with van der Waals surface area (Å²) in [5, 5.41) is 3.60. The minimum absolute atomic E-state index is 0.638. The van der Waals surface area contributed by atoms with E-state index in [2.05, 4.69) is 49.7 Å². The summed E-state index contributed by atoms with van der Waals surface area (Å²) in [6.45, 7) is 12.8. The van der Waals surface area contributed by atoms with Crippen LogP contribution in [0, 0.1) is 5.92 Å². The van der Waals surface area contributed by atoms with E-state index in [0.717, 1.165) is 18.5 Å². The molecule has 1 aliphatic rings. The van der Waals surface area contributed by atoms with Crippen LogP contribution in [0.4, 0.5) is 0 Å². The second kappa shape index (κ2) is 6.77. The van der Waals surface area contributed by atoms with Crippen LogP contribution < -0.4 is 5.32 Å². The summed E-state index contributed by atoms with van der Waals surface area (Å²) in [7, 11) is 0. The molecule has 1 fully saturated rings. The molecule has 1 rings (SSSR count). The molecule has 0 spiro atoms. The van der Waals surface area contributed by atoms with Gasteiger partial charge >= 0.3 is 0 Å². The Balaban J connectivity index is 2.13. The Kier molecular flexibility index (Phi) is 6.02. The molecule has 0 saturated carbocycles. The fraction of sp³-hybridized carbons (Fsp3) is 1.00. The van der Waals surface area contributed by atoms with Gasteiger partial charge in [0.25, 0.3) is 0 Å². The first-order valence-electron chi connectivity index (χ1n) is 6.16. The van der Waals surface area contributed by atoms with E-state index >= 15 is 0 Å². The molecule has 0 aromatic heterocycles. The molecule has 15 heavy (non-hydrogen) atoms. The van der Waals surface area contributed by atoms with Gasteiger partial charge in [-0.1, -0.05) is 13.8 Å². The van der Waals surface area contributed by atoms with Crippen molar-refractivity contribution in [2.24, 2.45) is 5.92 Å². The van der Waals surface area contributed by atoms with Crippen LogP contribution in [0.25, 0.3) is 0 Å². The zero-order valence-electron chi connectivity index (χ0n) is 10.6. The lowest BCUT2D eigenvalue weighted by atomic mass is 10.1. The largest absolute Gasteiger partial charge is 0.313 e. The van der Waals surface area contributed by atoms with E-state index < -0.39 is 0 Å². The highest BCUT2D eigenvalue weighted by atomic mass is 32.2. The lowest BCUT2D eigenvalue weighted by Crippen LogP contribution is -2.45. The fourth-order valence-corrected chi connectivity index (χ4v) is 2.85. The molecule has 2 atom stereocenters. The van der Waals surface area contributed by atoms with Crippen LogP contribution in [-0.4, -0.2) is 48.1 Å². The second-order valence-electron chi connectivity index (χ2n) is 4.95. The third kappa shape index (κ3) is 4.75. The fourth-order valence-electron chi connectivity index (χ4n) is 1.77. The Bertz CT molecular complexity index is 173. The van der Waals surface area contributed by atoms with E-state index in [1.54, 1.807) is 0 Å². The lowest BCUT2D eigenvalue weighted by Gasteiger charge is -2.33. The molecule has 90 valence electrons. The Morgan fingerprint density at radius 2 is 2.13 bits per heavy atom. The first-order valence-corrected chi connectivity index (χ1v) is 7.32. The number of hydrogen-bond acceptors (Lipinski definition) is 3. The van der Waals surface area contributed by atoms with Gasteiger partial charge in [-0.2, -0.15) is 11.8 Å². The average molecular weight is 230 g/mol. The van der Waals surface area contributed by atoms with Gasteiger partial charge in [0.1, 0.15) is 0 Å². The van der Waals surface area contributed by atoms with Gasteiger partial charge < -0.3 is 5.32 Å². The van der Waals surface area contributed by atoms with E-state index in [1.807, 2.05) is 0 Å². The highest BCUT2D eigenvalue weighted by Crippen LogP contribution is 2.15. The number of rotatable bonds is 5. The van der Waals surface area contributed by atoms with Crippen LogP contribution >= 0.6 is 11.8 Å². The molecular formula is C12H26N2S. The Hall–Kier alpha value is 0.270. The highest BCUT2D eigenvalue weighted by Gasteiger charge is 2.17. The Labute approximate surface area is 99.2 Å². The molecule has 0 bridgehead atoms. The van der Waals surface area contributed by atoms with Gasteiger partial charge in [0, 0.05) is 43.2 Å². The van der Waals surface area contributed by atoms with E-state index in [-0.39, 0.29) is 0 Å². The minimum atomic E-state index is 0.638. The second-order valence-corrected chi connectivity index (χ2v) is 6.10. The molecule has 0 radical (unpaired) electrons. The van der Waals surface area contributed by atoms with Gasteiger partial charge in [-0.3, -0.25) is 4.90 Å². The molecular weight excluding hydrogens is 204 g/mol. The molecule has 3 heteroatoms.